The van der Waals surface area contributed by atoms with Gasteiger partial charge in [-0.25, -0.2) is 4.79 Å². The number of hydrogen-bond donors (Lipinski definition) is 0. The maximum atomic E-state index is 11.0. The monoisotopic (exact) mass is 190 g/mol. The minimum atomic E-state index is -0.342. The Morgan fingerprint density at radius 2 is 2.07 bits per heavy atom. The highest BCUT2D eigenvalue weighted by molar-refractivity contribution is 5.81. The zero-order valence-corrected chi connectivity index (χ0v) is 8.03. The molecule has 2 rings (SSSR count). The van der Waals surface area contributed by atoms with Gasteiger partial charge in [0.15, 0.2) is 0 Å². The number of rotatable bonds is 1. The third-order valence-electron chi connectivity index (χ3n) is 2.15. The second-order valence-electron chi connectivity index (χ2n) is 3.11. The largest absolute Gasteiger partial charge is 0.497 e. The Kier molecular flexibility index (Phi) is 2.00. The van der Waals surface area contributed by atoms with Crippen molar-refractivity contribution >= 4 is 11.0 Å². The number of methoxy groups -OCH3 is 1. The van der Waals surface area contributed by atoms with Crippen LogP contribution in [-0.2, 0) is 0 Å². The Balaban J connectivity index is 2.83. The van der Waals surface area contributed by atoms with Crippen molar-refractivity contribution < 1.29 is 9.15 Å². The maximum Gasteiger partial charge on any atom is 0.336 e. The van der Waals surface area contributed by atoms with Crippen LogP contribution in [0.15, 0.2) is 33.5 Å². The summed E-state index contributed by atoms with van der Waals surface area (Å²) < 4.78 is 10.1. The SMILES string of the molecule is COc1cc(C)c2ccc(=O)oc2c1. The summed E-state index contributed by atoms with van der Waals surface area (Å²) in [7, 11) is 1.58. The molecule has 0 N–H and O–H groups in total. The summed E-state index contributed by atoms with van der Waals surface area (Å²) in [5, 5.41) is 0.936. The van der Waals surface area contributed by atoms with Crippen LogP contribution in [0.5, 0.6) is 5.75 Å². The van der Waals surface area contributed by atoms with Crippen LogP contribution >= 0.6 is 0 Å². The van der Waals surface area contributed by atoms with Crippen molar-refractivity contribution in [2.24, 2.45) is 0 Å². The van der Waals surface area contributed by atoms with Gasteiger partial charge >= 0.3 is 5.63 Å². The highest BCUT2D eigenvalue weighted by Gasteiger charge is 2.03. The summed E-state index contributed by atoms with van der Waals surface area (Å²) in [6.45, 7) is 1.95. The predicted molar refractivity (Wildman–Crippen MR) is 53.8 cm³/mol. The predicted octanol–water partition coefficient (Wildman–Crippen LogP) is 2.11. The summed E-state index contributed by atoms with van der Waals surface area (Å²) in [5.41, 5.74) is 1.25. The van der Waals surface area contributed by atoms with E-state index in [0.29, 0.717) is 11.3 Å². The fourth-order valence-corrected chi connectivity index (χ4v) is 1.44. The van der Waals surface area contributed by atoms with E-state index in [2.05, 4.69) is 0 Å². The zero-order valence-electron chi connectivity index (χ0n) is 8.03. The minimum absolute atomic E-state index is 0.342. The number of aryl methyl sites for hydroxylation is 1. The Morgan fingerprint density at radius 3 is 2.79 bits per heavy atom. The molecule has 3 nitrogen and oxygen atoms in total. The van der Waals surface area contributed by atoms with Gasteiger partial charge in [-0.1, -0.05) is 0 Å². The fourth-order valence-electron chi connectivity index (χ4n) is 1.44. The summed E-state index contributed by atoms with van der Waals surface area (Å²) in [5.74, 6) is 0.698. The number of fused-ring (bicyclic) bond motifs is 1. The lowest BCUT2D eigenvalue weighted by Gasteiger charge is -2.04. The molecule has 0 unspecified atom stereocenters. The topological polar surface area (TPSA) is 39.4 Å². The lowest BCUT2D eigenvalue weighted by Crippen LogP contribution is -1.95. The van der Waals surface area contributed by atoms with Crippen molar-refractivity contribution in [3.63, 3.8) is 0 Å². The molecule has 0 amide bonds. The summed E-state index contributed by atoms with van der Waals surface area (Å²) in [6.07, 6.45) is 0. The van der Waals surface area contributed by atoms with Crippen LogP contribution in [0.3, 0.4) is 0 Å². The van der Waals surface area contributed by atoms with Crippen molar-refractivity contribution in [1.82, 2.24) is 0 Å². The van der Waals surface area contributed by atoms with Gasteiger partial charge in [0.1, 0.15) is 11.3 Å². The zero-order chi connectivity index (χ0) is 10.1. The van der Waals surface area contributed by atoms with Crippen LogP contribution in [0.4, 0.5) is 0 Å². The van der Waals surface area contributed by atoms with Crippen LogP contribution in [0.1, 0.15) is 5.56 Å². The van der Waals surface area contributed by atoms with Gasteiger partial charge in [0, 0.05) is 17.5 Å². The third-order valence-corrected chi connectivity index (χ3v) is 2.15. The molecule has 2 aromatic rings. The number of hydrogen-bond acceptors (Lipinski definition) is 3. The summed E-state index contributed by atoms with van der Waals surface area (Å²) >= 11 is 0. The molecule has 0 radical (unpaired) electrons. The second-order valence-corrected chi connectivity index (χ2v) is 3.11. The molecule has 72 valence electrons. The number of benzene rings is 1. The van der Waals surface area contributed by atoms with Gasteiger partial charge in [-0.15, -0.1) is 0 Å². The van der Waals surface area contributed by atoms with Crippen LogP contribution < -0.4 is 10.4 Å². The van der Waals surface area contributed by atoms with Crippen LogP contribution in [0, 0.1) is 6.92 Å². The van der Waals surface area contributed by atoms with E-state index in [9.17, 15) is 4.79 Å². The highest BCUT2D eigenvalue weighted by Crippen LogP contribution is 2.23. The van der Waals surface area contributed by atoms with E-state index in [0.717, 1.165) is 10.9 Å². The van der Waals surface area contributed by atoms with E-state index in [1.54, 1.807) is 19.2 Å². The lowest BCUT2D eigenvalue weighted by atomic mass is 10.1. The van der Waals surface area contributed by atoms with Crippen molar-refractivity contribution in [1.29, 1.82) is 0 Å². The van der Waals surface area contributed by atoms with Crippen molar-refractivity contribution in [2.75, 3.05) is 7.11 Å². The highest BCUT2D eigenvalue weighted by atomic mass is 16.5. The average molecular weight is 190 g/mol. The smallest absolute Gasteiger partial charge is 0.336 e. The first-order valence-electron chi connectivity index (χ1n) is 4.29. The van der Waals surface area contributed by atoms with Gasteiger partial charge in [-0.2, -0.15) is 0 Å². The molecule has 0 aliphatic heterocycles. The minimum Gasteiger partial charge on any atom is -0.497 e. The van der Waals surface area contributed by atoms with E-state index in [4.69, 9.17) is 9.15 Å². The molecule has 14 heavy (non-hydrogen) atoms. The van der Waals surface area contributed by atoms with Gasteiger partial charge in [-0.3, -0.25) is 0 Å². The Bertz CT molecular complexity index is 526. The van der Waals surface area contributed by atoms with Gasteiger partial charge in [0.25, 0.3) is 0 Å². The number of ether oxygens (including phenoxy) is 1. The second kappa shape index (κ2) is 3.18. The average Bonchev–Trinajstić information content (AvgIpc) is 2.16. The van der Waals surface area contributed by atoms with Crippen LogP contribution in [-0.4, -0.2) is 7.11 Å². The van der Waals surface area contributed by atoms with Gasteiger partial charge in [0.05, 0.1) is 7.11 Å². The standard InChI is InChI=1S/C11H10O3/c1-7-5-8(13-2)6-10-9(7)3-4-11(12)14-10/h3-6H,1-2H3. The third kappa shape index (κ3) is 1.37. The normalized spacial score (nSPS) is 10.4. The summed E-state index contributed by atoms with van der Waals surface area (Å²) in [6, 6.07) is 6.80. The molecule has 1 aromatic heterocycles. The molecule has 1 aromatic carbocycles. The molecule has 0 saturated heterocycles. The van der Waals surface area contributed by atoms with Gasteiger partial charge in [0.2, 0.25) is 0 Å². The molecule has 0 spiro atoms. The summed E-state index contributed by atoms with van der Waals surface area (Å²) in [4.78, 5) is 11.0. The molecule has 0 atom stereocenters. The maximum absolute atomic E-state index is 11.0. The molecular formula is C11H10O3. The molecule has 0 fully saturated rings. The van der Waals surface area contributed by atoms with Gasteiger partial charge in [-0.05, 0) is 24.6 Å². The van der Waals surface area contributed by atoms with Gasteiger partial charge < -0.3 is 9.15 Å². The lowest BCUT2D eigenvalue weighted by molar-refractivity contribution is 0.413. The fraction of sp³-hybridized carbons (Fsp3) is 0.182. The molecular weight excluding hydrogens is 180 g/mol. The first kappa shape index (κ1) is 8.81. The van der Waals surface area contributed by atoms with Crippen molar-refractivity contribution in [3.05, 3.63) is 40.2 Å². The molecule has 0 saturated carbocycles. The van der Waals surface area contributed by atoms with Crippen molar-refractivity contribution in [2.45, 2.75) is 6.92 Å². The molecule has 0 aliphatic carbocycles. The quantitative estimate of drug-likeness (QED) is 0.646. The van der Waals surface area contributed by atoms with E-state index >= 15 is 0 Å². The Morgan fingerprint density at radius 1 is 1.29 bits per heavy atom. The Labute approximate surface area is 80.9 Å². The van der Waals surface area contributed by atoms with Crippen molar-refractivity contribution in [3.8, 4) is 5.75 Å². The first-order chi connectivity index (χ1) is 6.70. The molecule has 3 heteroatoms. The molecule has 1 heterocycles. The van der Waals surface area contributed by atoms with E-state index in [1.165, 1.54) is 6.07 Å². The van der Waals surface area contributed by atoms with Crippen LogP contribution in [0.2, 0.25) is 0 Å². The van der Waals surface area contributed by atoms with Crippen LogP contribution in [0.25, 0.3) is 11.0 Å². The first-order valence-corrected chi connectivity index (χ1v) is 4.29. The van der Waals surface area contributed by atoms with E-state index in [-0.39, 0.29) is 5.63 Å². The van der Waals surface area contributed by atoms with E-state index < -0.39 is 0 Å². The molecule has 0 aliphatic rings. The molecule has 0 bridgehead atoms. The van der Waals surface area contributed by atoms with E-state index in [1.807, 2.05) is 13.0 Å². The Hall–Kier alpha value is -1.77.